The smallest absolute Gasteiger partial charge is 0.135 e. The molecule has 0 saturated heterocycles. The lowest BCUT2D eigenvalue weighted by Crippen LogP contribution is -2.14. The number of furan rings is 1. The van der Waals surface area contributed by atoms with E-state index in [1.54, 1.807) is 0 Å². The third-order valence-electron chi connectivity index (χ3n) is 10.5. The maximum absolute atomic E-state index is 6.37. The van der Waals surface area contributed by atoms with Crippen LogP contribution in [0.1, 0.15) is 88.2 Å². The van der Waals surface area contributed by atoms with Gasteiger partial charge in [0.2, 0.25) is 0 Å². The molecule has 1 atom stereocenters. The van der Waals surface area contributed by atoms with E-state index in [1.165, 1.54) is 70.8 Å². The van der Waals surface area contributed by atoms with Crippen LogP contribution in [0.3, 0.4) is 0 Å². The molecule has 1 fully saturated rings. The zero-order chi connectivity index (χ0) is 32.8. The predicted octanol–water partition coefficient (Wildman–Crippen LogP) is 13.7. The van der Waals surface area contributed by atoms with Crippen LogP contribution < -0.4 is 4.90 Å². The highest BCUT2D eigenvalue weighted by molar-refractivity contribution is 6.04. The molecule has 0 aliphatic heterocycles. The summed E-state index contributed by atoms with van der Waals surface area (Å²) in [5.41, 5.74) is 10.9. The van der Waals surface area contributed by atoms with E-state index in [4.69, 9.17) is 4.42 Å². The molecule has 0 radical (unpaired) electrons. The molecule has 2 aliphatic carbocycles. The van der Waals surface area contributed by atoms with Gasteiger partial charge in [-0.3, -0.25) is 0 Å². The van der Waals surface area contributed by atoms with Crippen molar-refractivity contribution >= 4 is 51.0 Å². The number of fused-ring (bicyclic) bond motifs is 4. The Kier molecular flexibility index (Phi) is 7.83. The topological polar surface area (TPSA) is 16.4 Å². The third-order valence-corrected chi connectivity index (χ3v) is 10.5. The van der Waals surface area contributed by atoms with Gasteiger partial charge in [-0.2, -0.15) is 0 Å². The van der Waals surface area contributed by atoms with Gasteiger partial charge in [-0.1, -0.05) is 132 Å². The fourth-order valence-electron chi connectivity index (χ4n) is 7.89. The van der Waals surface area contributed by atoms with Gasteiger partial charge in [-0.25, -0.2) is 0 Å². The summed E-state index contributed by atoms with van der Waals surface area (Å²) in [7, 11) is 0. The van der Waals surface area contributed by atoms with E-state index in [1.807, 2.05) is 0 Å². The van der Waals surface area contributed by atoms with E-state index in [9.17, 15) is 0 Å². The summed E-state index contributed by atoms with van der Waals surface area (Å²) in [6.07, 6.45) is 15.4. The van der Waals surface area contributed by atoms with Gasteiger partial charge in [-0.05, 0) is 100 Å². The van der Waals surface area contributed by atoms with Crippen LogP contribution in [-0.2, 0) is 5.41 Å². The first kappa shape index (κ1) is 30.5. The van der Waals surface area contributed by atoms with E-state index >= 15 is 0 Å². The number of hydrogen-bond acceptors (Lipinski definition) is 2. The van der Waals surface area contributed by atoms with Crippen molar-refractivity contribution in [2.24, 2.45) is 5.92 Å². The lowest BCUT2D eigenvalue weighted by Gasteiger charge is -2.30. The van der Waals surface area contributed by atoms with Crippen LogP contribution in [0.25, 0.3) is 45.0 Å². The van der Waals surface area contributed by atoms with Gasteiger partial charge in [0, 0.05) is 27.9 Å². The average Bonchev–Trinajstić information content (AvgIpc) is 3.35. The van der Waals surface area contributed by atoms with Crippen LogP contribution in [0, 0.1) is 5.92 Å². The van der Waals surface area contributed by atoms with Gasteiger partial charge in [0.05, 0.1) is 5.69 Å². The van der Waals surface area contributed by atoms with E-state index in [2.05, 4.69) is 160 Å². The molecule has 6 aromatic rings. The van der Waals surface area contributed by atoms with Crippen molar-refractivity contribution in [3.63, 3.8) is 0 Å². The largest absolute Gasteiger partial charge is 0.456 e. The molecule has 0 spiro atoms. The lowest BCUT2D eigenvalue weighted by molar-refractivity contribution is 0.445. The van der Waals surface area contributed by atoms with Gasteiger partial charge < -0.3 is 9.32 Å². The van der Waals surface area contributed by atoms with Crippen LogP contribution in [0.5, 0.6) is 0 Å². The molecule has 48 heavy (non-hydrogen) atoms. The minimum absolute atomic E-state index is 0.0734. The Balaban J connectivity index is 1.35. The Morgan fingerprint density at radius 1 is 0.688 bits per heavy atom. The fraction of sp³-hybridized carbons (Fsp3) is 0.261. The van der Waals surface area contributed by atoms with Crippen molar-refractivity contribution in [2.75, 3.05) is 4.90 Å². The Morgan fingerprint density at radius 3 is 2.19 bits per heavy atom. The Labute approximate surface area is 285 Å². The maximum Gasteiger partial charge on any atom is 0.135 e. The molecule has 0 unspecified atom stereocenters. The molecule has 1 saturated carbocycles. The summed E-state index contributed by atoms with van der Waals surface area (Å²) in [5, 5.41) is 3.86. The summed E-state index contributed by atoms with van der Waals surface area (Å²) < 4.78 is 6.37. The normalized spacial score (nSPS) is 16.7. The zero-order valence-electron chi connectivity index (χ0n) is 28.7. The highest BCUT2D eigenvalue weighted by Gasteiger charge is 2.24. The highest BCUT2D eigenvalue weighted by atomic mass is 16.3. The van der Waals surface area contributed by atoms with E-state index < -0.39 is 0 Å². The van der Waals surface area contributed by atoms with Crippen molar-refractivity contribution < 1.29 is 4.42 Å². The van der Waals surface area contributed by atoms with Crippen LogP contribution in [-0.4, -0.2) is 0 Å². The second-order valence-electron chi connectivity index (χ2n) is 14.9. The van der Waals surface area contributed by atoms with E-state index in [0.29, 0.717) is 11.8 Å². The molecule has 240 valence electrons. The number of hydrogen-bond donors (Lipinski definition) is 0. The molecule has 2 aliphatic rings. The number of benzene rings is 5. The minimum Gasteiger partial charge on any atom is -0.456 e. The number of anilines is 3. The molecule has 0 bridgehead atoms. The predicted molar refractivity (Wildman–Crippen MR) is 206 cm³/mol. The summed E-state index contributed by atoms with van der Waals surface area (Å²) in [5.74, 6) is 1.91. The van der Waals surface area contributed by atoms with E-state index in [-0.39, 0.29) is 5.41 Å². The van der Waals surface area contributed by atoms with Crippen LogP contribution >= 0.6 is 0 Å². The summed E-state index contributed by atoms with van der Waals surface area (Å²) in [6.45, 7) is 9.04. The molecule has 1 aromatic heterocycles. The minimum atomic E-state index is 0.0734. The first-order valence-corrected chi connectivity index (χ1v) is 17.8. The Morgan fingerprint density at radius 2 is 1.40 bits per heavy atom. The van der Waals surface area contributed by atoms with Crippen LogP contribution in [0.2, 0.25) is 0 Å². The number of allylic oxidation sites excluding steroid dienone is 2. The molecule has 8 rings (SSSR count). The van der Waals surface area contributed by atoms with Gasteiger partial charge >= 0.3 is 0 Å². The molecular formula is C46H45NO. The first-order chi connectivity index (χ1) is 23.3. The summed E-state index contributed by atoms with van der Waals surface area (Å²) in [6, 6.07) is 38.6. The van der Waals surface area contributed by atoms with Gasteiger partial charge in [0.15, 0.2) is 0 Å². The van der Waals surface area contributed by atoms with Crippen molar-refractivity contribution in [1.29, 1.82) is 0 Å². The first-order valence-electron chi connectivity index (χ1n) is 17.8. The molecule has 2 nitrogen and oxygen atoms in total. The van der Waals surface area contributed by atoms with Crippen LogP contribution in [0.4, 0.5) is 17.1 Å². The molecule has 1 heterocycles. The highest BCUT2D eigenvalue weighted by Crippen LogP contribution is 2.46. The monoisotopic (exact) mass is 627 g/mol. The van der Waals surface area contributed by atoms with Crippen LogP contribution in [0.15, 0.2) is 120 Å². The molecular weight excluding hydrogens is 583 g/mol. The molecule has 0 N–H and O–H groups in total. The lowest BCUT2D eigenvalue weighted by atomic mass is 9.80. The number of rotatable bonds is 5. The quantitative estimate of drug-likeness (QED) is 0.189. The third kappa shape index (κ3) is 5.58. The number of para-hydroxylation sites is 1. The second-order valence-corrected chi connectivity index (χ2v) is 14.9. The molecule has 0 amide bonds. The summed E-state index contributed by atoms with van der Waals surface area (Å²) in [4.78, 5) is 2.45. The Hall–Kier alpha value is -4.82. The number of nitrogens with zero attached hydrogens (tertiary/aromatic N) is 1. The van der Waals surface area contributed by atoms with Crippen molar-refractivity contribution in [1.82, 2.24) is 0 Å². The second kappa shape index (κ2) is 12.3. The standard InChI is InChI=1S/C46H45NO/c1-31-20-27-39-41-30-36(26-29-44(41)48-43(39)28-21-31)47(35-24-22-34(23-25-35)46(2,3)4)42-19-9-8-16-38(42)40-18-11-15-33-14-10-17-37(45(33)40)32-12-6-5-7-13-32/h8-11,14-32H,5-7,12-13H2,1-4H3/t31-/m1/s1. The van der Waals surface area contributed by atoms with Crippen molar-refractivity contribution in [3.05, 3.63) is 138 Å². The summed E-state index contributed by atoms with van der Waals surface area (Å²) >= 11 is 0. The van der Waals surface area contributed by atoms with Gasteiger partial charge in [-0.15, -0.1) is 0 Å². The fourth-order valence-corrected chi connectivity index (χ4v) is 7.89. The maximum atomic E-state index is 6.37. The van der Waals surface area contributed by atoms with Crippen molar-refractivity contribution in [3.8, 4) is 11.1 Å². The molecule has 2 heteroatoms. The van der Waals surface area contributed by atoms with Gasteiger partial charge in [0.1, 0.15) is 11.3 Å². The van der Waals surface area contributed by atoms with Gasteiger partial charge in [0.25, 0.3) is 0 Å². The SMILES string of the molecule is C[C@H]1C=Cc2oc3ccc(N(c4ccc(C(C)(C)C)cc4)c4ccccc4-c4cccc5cccc(C6CCCCC6)c45)cc3c2C=C1. The average molecular weight is 628 g/mol. The van der Waals surface area contributed by atoms with Crippen molar-refractivity contribution in [2.45, 2.75) is 71.1 Å². The van der Waals surface area contributed by atoms with E-state index in [0.717, 1.165) is 33.7 Å². The zero-order valence-corrected chi connectivity index (χ0v) is 28.7. The Bertz CT molecular complexity index is 2160. The molecule has 5 aromatic carbocycles.